The van der Waals surface area contributed by atoms with Gasteiger partial charge in [-0.05, 0) is 66.1 Å². The molecule has 2 aliphatic heterocycles. The summed E-state index contributed by atoms with van der Waals surface area (Å²) in [6.45, 7) is 0. The number of amides is 2. The van der Waals surface area contributed by atoms with E-state index in [2.05, 4.69) is 4.98 Å². The highest BCUT2D eigenvalue weighted by atomic mass is 32.2. The van der Waals surface area contributed by atoms with E-state index in [0.29, 0.717) is 11.4 Å². The zero-order valence-corrected chi connectivity index (χ0v) is 20.3. The van der Waals surface area contributed by atoms with Gasteiger partial charge in [-0.25, -0.2) is 4.39 Å². The summed E-state index contributed by atoms with van der Waals surface area (Å²) in [5, 5.41) is 0.963. The first-order valence-electron chi connectivity index (χ1n) is 11.6. The van der Waals surface area contributed by atoms with E-state index in [0.717, 1.165) is 21.9 Å². The van der Waals surface area contributed by atoms with Crippen LogP contribution in [0.15, 0.2) is 58.4 Å². The van der Waals surface area contributed by atoms with Gasteiger partial charge in [0.2, 0.25) is 11.8 Å². The minimum Gasteiger partial charge on any atom is -0.497 e. The SMILES string of the molecule is COc1ccc(N2C(=O)[C@@H]3[C@H]4C[C@@H]([C@@H]3C2=O)[C@@H]2[C@@H](c3ccc(F)cc3)c3sc(=O)[nH]c3S[C@@H]42)cc1. The van der Waals surface area contributed by atoms with Crippen LogP contribution in [0.2, 0.25) is 0 Å². The molecule has 3 heterocycles. The predicted molar refractivity (Wildman–Crippen MR) is 130 cm³/mol. The molecular formula is C26H21FN2O4S2. The Hall–Kier alpha value is -2.91. The molecule has 3 fully saturated rings. The van der Waals surface area contributed by atoms with Gasteiger partial charge in [-0.1, -0.05) is 23.5 Å². The lowest BCUT2D eigenvalue weighted by atomic mass is 9.68. The van der Waals surface area contributed by atoms with Crippen LogP contribution in [0.3, 0.4) is 0 Å². The summed E-state index contributed by atoms with van der Waals surface area (Å²) in [5.41, 5.74) is 1.52. The number of H-pyrrole nitrogens is 1. The lowest BCUT2D eigenvalue weighted by molar-refractivity contribution is -0.123. The summed E-state index contributed by atoms with van der Waals surface area (Å²) in [6, 6.07) is 13.5. The number of methoxy groups -OCH3 is 1. The van der Waals surface area contributed by atoms with Crippen molar-refractivity contribution in [1.82, 2.24) is 4.98 Å². The molecule has 3 aromatic rings. The highest BCUT2D eigenvalue weighted by Crippen LogP contribution is 2.68. The van der Waals surface area contributed by atoms with Gasteiger partial charge in [-0.3, -0.25) is 19.3 Å². The zero-order valence-electron chi connectivity index (χ0n) is 18.6. The smallest absolute Gasteiger partial charge is 0.305 e. The van der Waals surface area contributed by atoms with Gasteiger partial charge >= 0.3 is 4.87 Å². The van der Waals surface area contributed by atoms with E-state index in [9.17, 15) is 18.8 Å². The van der Waals surface area contributed by atoms with Crippen LogP contribution in [-0.2, 0) is 9.59 Å². The summed E-state index contributed by atoms with van der Waals surface area (Å²) >= 11 is 2.85. The second-order valence-electron chi connectivity index (χ2n) is 9.72. The van der Waals surface area contributed by atoms with Crippen LogP contribution < -0.4 is 14.5 Å². The minimum atomic E-state index is -0.364. The van der Waals surface area contributed by atoms with Gasteiger partial charge in [0.05, 0.1) is 29.7 Å². The third-order valence-electron chi connectivity index (χ3n) is 8.28. The van der Waals surface area contributed by atoms with Crippen molar-refractivity contribution in [3.8, 4) is 5.75 Å². The number of imide groups is 1. The zero-order chi connectivity index (χ0) is 24.0. The Balaban J connectivity index is 1.30. The fourth-order valence-electron chi connectivity index (χ4n) is 7.05. The number of aromatic nitrogens is 1. The predicted octanol–water partition coefficient (Wildman–Crippen LogP) is 4.26. The van der Waals surface area contributed by atoms with Crippen molar-refractivity contribution in [2.75, 3.05) is 12.0 Å². The number of fused-ring (bicyclic) bond motifs is 9. The Bertz CT molecular complexity index is 1420. The maximum atomic E-state index is 13.7. The van der Waals surface area contributed by atoms with Gasteiger partial charge in [0.15, 0.2) is 0 Å². The number of thioether (sulfide) groups is 1. The van der Waals surface area contributed by atoms with Gasteiger partial charge < -0.3 is 9.72 Å². The van der Waals surface area contributed by atoms with E-state index in [4.69, 9.17) is 4.74 Å². The third-order valence-corrected chi connectivity index (χ3v) is 10.9. The number of hydrogen-bond acceptors (Lipinski definition) is 6. The van der Waals surface area contributed by atoms with Gasteiger partial charge in [0.1, 0.15) is 11.6 Å². The Morgan fingerprint density at radius 3 is 2.34 bits per heavy atom. The number of nitrogens with zero attached hydrogens (tertiary/aromatic N) is 1. The van der Waals surface area contributed by atoms with Gasteiger partial charge in [-0.15, -0.1) is 11.8 Å². The monoisotopic (exact) mass is 508 g/mol. The molecule has 0 radical (unpaired) electrons. The molecule has 7 atom stereocenters. The summed E-state index contributed by atoms with van der Waals surface area (Å²) in [6.07, 6.45) is 0.822. The molecule has 0 spiro atoms. The van der Waals surface area contributed by atoms with Crippen molar-refractivity contribution in [3.05, 3.63) is 74.5 Å². The van der Waals surface area contributed by atoms with E-state index in [1.807, 2.05) is 0 Å². The van der Waals surface area contributed by atoms with Crippen LogP contribution in [0.5, 0.6) is 5.75 Å². The van der Waals surface area contributed by atoms with Crippen molar-refractivity contribution in [2.45, 2.75) is 22.6 Å². The lowest BCUT2D eigenvalue weighted by Crippen LogP contribution is -2.42. The quantitative estimate of drug-likeness (QED) is 0.535. The lowest BCUT2D eigenvalue weighted by Gasteiger charge is -2.43. The largest absolute Gasteiger partial charge is 0.497 e. The first-order chi connectivity index (χ1) is 17.0. The van der Waals surface area contributed by atoms with Gasteiger partial charge in [0.25, 0.3) is 0 Å². The fraction of sp³-hybridized carbons (Fsp3) is 0.346. The molecule has 1 aromatic heterocycles. The number of anilines is 1. The topological polar surface area (TPSA) is 79.5 Å². The molecule has 0 unspecified atom stereocenters. The molecular weight excluding hydrogens is 487 g/mol. The average Bonchev–Trinajstić information content (AvgIpc) is 3.59. The molecule has 4 aliphatic rings. The third kappa shape index (κ3) is 2.91. The number of thiazole rings is 1. The molecule has 2 aromatic carbocycles. The van der Waals surface area contributed by atoms with Crippen LogP contribution in [0.25, 0.3) is 0 Å². The molecule has 2 bridgehead atoms. The van der Waals surface area contributed by atoms with Gasteiger partial charge in [-0.2, -0.15) is 0 Å². The van der Waals surface area contributed by atoms with E-state index in [-0.39, 0.29) is 63.3 Å². The molecule has 2 amide bonds. The number of carbonyl (C=O) groups is 2. The first kappa shape index (κ1) is 21.4. The summed E-state index contributed by atoms with van der Waals surface area (Å²) in [5.74, 6) is -0.525. The number of carbonyl (C=O) groups excluding carboxylic acids is 2. The Morgan fingerprint density at radius 2 is 1.66 bits per heavy atom. The number of hydrogen-bond donors (Lipinski definition) is 1. The van der Waals surface area contributed by atoms with E-state index in [1.54, 1.807) is 55.3 Å². The average molecular weight is 509 g/mol. The van der Waals surface area contributed by atoms with Crippen molar-refractivity contribution in [3.63, 3.8) is 0 Å². The summed E-state index contributed by atoms with van der Waals surface area (Å²) < 4.78 is 19.0. The fourth-order valence-corrected chi connectivity index (χ4v) is 9.93. The van der Waals surface area contributed by atoms with Crippen molar-refractivity contribution in [2.24, 2.45) is 29.6 Å². The van der Waals surface area contributed by atoms with Crippen molar-refractivity contribution in [1.29, 1.82) is 0 Å². The van der Waals surface area contributed by atoms with Crippen molar-refractivity contribution >= 4 is 40.6 Å². The maximum absolute atomic E-state index is 13.7. The first-order valence-corrected chi connectivity index (χ1v) is 13.3. The molecule has 1 N–H and O–H groups in total. The molecule has 35 heavy (non-hydrogen) atoms. The standard InChI is InChI=1S/C26H21FN2O4S2/c1-33-14-8-6-13(7-9-14)29-24(30)19-15-10-16(20(19)25(29)31)21-18(15)17(11-2-4-12(27)5-3-11)22-23(34-21)28-26(32)35-22/h2-9,15-21H,10H2,1H3,(H,28,32)/t15-,16-,17-,18-,19+,20-,21+/m1/s1. The van der Waals surface area contributed by atoms with Crippen LogP contribution >= 0.6 is 23.1 Å². The Labute approximate surface area is 208 Å². The van der Waals surface area contributed by atoms with Crippen LogP contribution in [0, 0.1) is 35.4 Å². The number of nitrogens with one attached hydrogen (secondary N) is 1. The minimum absolute atomic E-state index is 0.0302. The highest BCUT2D eigenvalue weighted by Gasteiger charge is 2.69. The molecule has 2 aliphatic carbocycles. The second kappa shape index (κ2) is 7.54. The van der Waals surface area contributed by atoms with Gasteiger partial charge in [0, 0.05) is 16.0 Å². The molecule has 6 nitrogen and oxygen atoms in total. The Kier molecular flexibility index (Phi) is 4.61. The Morgan fingerprint density at radius 1 is 0.971 bits per heavy atom. The number of ether oxygens (including phenoxy) is 1. The normalized spacial score (nSPS) is 32.5. The summed E-state index contributed by atoms with van der Waals surface area (Å²) in [4.78, 5) is 44.8. The number of benzene rings is 2. The molecule has 178 valence electrons. The molecule has 2 saturated carbocycles. The number of aromatic amines is 1. The molecule has 9 heteroatoms. The highest BCUT2D eigenvalue weighted by molar-refractivity contribution is 8.00. The summed E-state index contributed by atoms with van der Waals surface area (Å²) in [7, 11) is 1.58. The van der Waals surface area contributed by atoms with E-state index in [1.165, 1.54) is 28.4 Å². The second-order valence-corrected chi connectivity index (χ2v) is 11.9. The number of halogens is 1. The van der Waals surface area contributed by atoms with E-state index < -0.39 is 0 Å². The van der Waals surface area contributed by atoms with Crippen LogP contribution in [0.1, 0.15) is 22.8 Å². The maximum Gasteiger partial charge on any atom is 0.305 e. The molecule has 7 rings (SSSR count). The van der Waals surface area contributed by atoms with E-state index >= 15 is 0 Å². The molecule has 1 saturated heterocycles. The van der Waals surface area contributed by atoms with Crippen LogP contribution in [-0.4, -0.2) is 29.2 Å². The number of rotatable bonds is 3. The van der Waals surface area contributed by atoms with Crippen molar-refractivity contribution < 1.29 is 18.7 Å². The van der Waals surface area contributed by atoms with Crippen LogP contribution in [0.4, 0.5) is 10.1 Å².